The summed E-state index contributed by atoms with van der Waals surface area (Å²) in [6.07, 6.45) is 5.05. The Hall–Kier alpha value is -2.32. The average molecular weight is 417 g/mol. The summed E-state index contributed by atoms with van der Waals surface area (Å²) in [5.74, 6) is -0.530. The number of nitrogens with zero attached hydrogens (tertiary/aromatic N) is 3. The van der Waals surface area contributed by atoms with Crippen molar-refractivity contribution in [2.75, 3.05) is 36.8 Å². The van der Waals surface area contributed by atoms with Crippen molar-refractivity contribution in [1.82, 2.24) is 14.9 Å². The molecule has 2 aromatic rings. The van der Waals surface area contributed by atoms with Crippen LogP contribution in [0.1, 0.15) is 49.1 Å². The van der Waals surface area contributed by atoms with E-state index in [1.54, 1.807) is 0 Å². The Labute approximate surface area is 176 Å². The fraction of sp³-hybridized carbons (Fsp3) is 0.545. The molecule has 0 atom stereocenters. The van der Waals surface area contributed by atoms with Crippen LogP contribution in [0.2, 0.25) is 0 Å². The van der Waals surface area contributed by atoms with E-state index >= 15 is 0 Å². The first-order valence-electron chi connectivity index (χ1n) is 10.8. The molecule has 2 aliphatic rings. The lowest BCUT2D eigenvalue weighted by Gasteiger charge is -2.31. The number of nitrogens with two attached hydrogens (primary N) is 1. The van der Waals surface area contributed by atoms with Crippen molar-refractivity contribution >= 4 is 17.5 Å². The molecule has 8 heteroatoms. The lowest BCUT2D eigenvalue weighted by atomic mass is 10.1. The first-order chi connectivity index (χ1) is 14.5. The molecular formula is C22H30F2N6. The summed E-state index contributed by atoms with van der Waals surface area (Å²) in [7, 11) is 0. The Bertz CT molecular complexity index is 845. The van der Waals surface area contributed by atoms with Gasteiger partial charge in [0, 0.05) is 56.5 Å². The van der Waals surface area contributed by atoms with Gasteiger partial charge in [0.2, 0.25) is 5.95 Å². The van der Waals surface area contributed by atoms with Gasteiger partial charge in [-0.3, -0.25) is 4.90 Å². The number of nitrogens with one attached hydrogen (secondary N) is 2. The molecular weight excluding hydrogens is 386 g/mol. The summed E-state index contributed by atoms with van der Waals surface area (Å²) in [5.41, 5.74) is 8.75. The number of benzene rings is 1. The summed E-state index contributed by atoms with van der Waals surface area (Å²) in [5, 5.41) is 6.68. The number of hydrogen-bond donors (Lipinski definition) is 3. The van der Waals surface area contributed by atoms with Gasteiger partial charge < -0.3 is 16.4 Å². The third-order valence-corrected chi connectivity index (χ3v) is 5.68. The molecule has 1 aliphatic carbocycles. The molecule has 6 nitrogen and oxygen atoms in total. The molecule has 0 radical (unpaired) electrons. The van der Waals surface area contributed by atoms with Crippen molar-refractivity contribution in [2.24, 2.45) is 5.73 Å². The van der Waals surface area contributed by atoms with Gasteiger partial charge in [-0.15, -0.1) is 0 Å². The van der Waals surface area contributed by atoms with Gasteiger partial charge >= 0.3 is 0 Å². The molecule has 162 valence electrons. The number of halogens is 2. The first-order valence-corrected chi connectivity index (χ1v) is 10.8. The van der Waals surface area contributed by atoms with Crippen molar-refractivity contribution < 1.29 is 8.78 Å². The second kappa shape index (κ2) is 9.22. The van der Waals surface area contributed by atoms with Gasteiger partial charge in [-0.05, 0) is 49.4 Å². The van der Waals surface area contributed by atoms with Crippen LogP contribution in [0.15, 0.2) is 30.5 Å². The third-order valence-electron chi connectivity index (χ3n) is 5.68. The SMILES string of the molecule is NCCCNc1nc(Nc2cccc(CN3CCC(F)(F)CC3)c2)ncc1C1CC1. The average Bonchev–Trinajstić information content (AvgIpc) is 3.56. The zero-order valence-corrected chi connectivity index (χ0v) is 17.2. The largest absolute Gasteiger partial charge is 0.370 e. The minimum absolute atomic E-state index is 0.0634. The first kappa shape index (κ1) is 20.9. The Balaban J connectivity index is 1.41. The van der Waals surface area contributed by atoms with Crippen LogP contribution in [0.4, 0.5) is 26.2 Å². The lowest BCUT2D eigenvalue weighted by Crippen LogP contribution is -2.38. The summed E-state index contributed by atoms with van der Waals surface area (Å²) in [6.45, 7) is 2.95. The number of aromatic nitrogens is 2. The molecule has 0 bridgehead atoms. The molecule has 1 aromatic heterocycles. The molecule has 2 fully saturated rings. The Morgan fingerprint density at radius 1 is 1.20 bits per heavy atom. The summed E-state index contributed by atoms with van der Waals surface area (Å²) in [6, 6.07) is 7.99. The standard InChI is InChI=1S/C22H30F2N6/c23-22(24)7-11-30(12-8-22)15-16-3-1-4-18(13-16)28-21-27-14-19(17-5-6-17)20(29-21)26-10-2-9-25/h1,3-4,13-14,17H,2,5-12,15,25H2,(H2,26,27,28,29). The fourth-order valence-corrected chi connectivity index (χ4v) is 3.77. The molecule has 0 unspecified atom stereocenters. The Morgan fingerprint density at radius 2 is 2.00 bits per heavy atom. The summed E-state index contributed by atoms with van der Waals surface area (Å²) in [4.78, 5) is 11.3. The van der Waals surface area contributed by atoms with E-state index in [2.05, 4.69) is 20.5 Å². The van der Waals surface area contributed by atoms with Gasteiger partial charge in [0.05, 0.1) is 0 Å². The van der Waals surface area contributed by atoms with Gasteiger partial charge in [0.15, 0.2) is 0 Å². The maximum Gasteiger partial charge on any atom is 0.250 e. The molecule has 1 aromatic carbocycles. The fourth-order valence-electron chi connectivity index (χ4n) is 3.77. The molecule has 1 aliphatic heterocycles. The van der Waals surface area contributed by atoms with Crippen molar-refractivity contribution in [3.8, 4) is 0 Å². The molecule has 1 saturated carbocycles. The van der Waals surface area contributed by atoms with E-state index in [-0.39, 0.29) is 12.8 Å². The van der Waals surface area contributed by atoms with Crippen LogP contribution in [0, 0.1) is 0 Å². The highest BCUT2D eigenvalue weighted by Crippen LogP contribution is 2.42. The second-order valence-corrected chi connectivity index (χ2v) is 8.30. The van der Waals surface area contributed by atoms with Crippen molar-refractivity contribution in [3.05, 3.63) is 41.6 Å². The maximum atomic E-state index is 13.4. The number of piperidine rings is 1. The molecule has 1 saturated heterocycles. The van der Waals surface area contributed by atoms with E-state index in [0.29, 0.717) is 38.0 Å². The van der Waals surface area contributed by atoms with Crippen LogP contribution in [0.25, 0.3) is 0 Å². The van der Waals surface area contributed by atoms with Crippen molar-refractivity contribution in [3.63, 3.8) is 0 Å². The number of anilines is 3. The van der Waals surface area contributed by atoms with E-state index in [4.69, 9.17) is 10.7 Å². The molecule has 2 heterocycles. The zero-order chi connectivity index (χ0) is 21.0. The molecule has 0 amide bonds. The van der Waals surface area contributed by atoms with E-state index < -0.39 is 5.92 Å². The zero-order valence-electron chi connectivity index (χ0n) is 17.2. The Kier molecular flexibility index (Phi) is 6.43. The number of hydrogen-bond acceptors (Lipinski definition) is 6. The van der Waals surface area contributed by atoms with Crippen LogP contribution in [0.3, 0.4) is 0 Å². The molecule has 0 spiro atoms. The highest BCUT2D eigenvalue weighted by atomic mass is 19.3. The van der Waals surface area contributed by atoms with Gasteiger partial charge in [-0.2, -0.15) is 4.98 Å². The van der Waals surface area contributed by atoms with Crippen LogP contribution < -0.4 is 16.4 Å². The highest BCUT2D eigenvalue weighted by Gasteiger charge is 2.33. The smallest absolute Gasteiger partial charge is 0.250 e. The molecule has 30 heavy (non-hydrogen) atoms. The Morgan fingerprint density at radius 3 is 2.73 bits per heavy atom. The van der Waals surface area contributed by atoms with Crippen LogP contribution in [-0.4, -0.2) is 47.0 Å². The maximum absolute atomic E-state index is 13.4. The van der Waals surface area contributed by atoms with Gasteiger partial charge in [-0.25, -0.2) is 13.8 Å². The van der Waals surface area contributed by atoms with Crippen molar-refractivity contribution in [1.29, 1.82) is 0 Å². The summed E-state index contributed by atoms with van der Waals surface area (Å²) < 4.78 is 26.7. The normalized spacial score (nSPS) is 18.9. The van der Waals surface area contributed by atoms with E-state index in [1.165, 1.54) is 18.4 Å². The monoisotopic (exact) mass is 416 g/mol. The molecule has 4 N–H and O–H groups in total. The van der Waals surface area contributed by atoms with Crippen LogP contribution in [-0.2, 0) is 6.54 Å². The lowest BCUT2D eigenvalue weighted by molar-refractivity contribution is -0.0566. The quantitative estimate of drug-likeness (QED) is 0.535. The molecule has 4 rings (SSSR count). The predicted octanol–water partition coefficient (Wildman–Crippen LogP) is 4.09. The van der Waals surface area contributed by atoms with Crippen LogP contribution >= 0.6 is 0 Å². The third kappa shape index (κ3) is 5.64. The number of alkyl halides is 2. The second-order valence-electron chi connectivity index (χ2n) is 8.30. The van der Waals surface area contributed by atoms with E-state index in [1.807, 2.05) is 30.5 Å². The van der Waals surface area contributed by atoms with E-state index in [0.717, 1.165) is 30.0 Å². The summed E-state index contributed by atoms with van der Waals surface area (Å²) >= 11 is 0. The van der Waals surface area contributed by atoms with Crippen molar-refractivity contribution in [2.45, 2.75) is 50.5 Å². The van der Waals surface area contributed by atoms with E-state index in [9.17, 15) is 8.78 Å². The van der Waals surface area contributed by atoms with Gasteiger partial charge in [0.25, 0.3) is 5.92 Å². The number of rotatable bonds is 9. The van der Waals surface area contributed by atoms with Crippen LogP contribution in [0.5, 0.6) is 0 Å². The topological polar surface area (TPSA) is 79.1 Å². The number of likely N-dealkylation sites (tertiary alicyclic amines) is 1. The van der Waals surface area contributed by atoms with Gasteiger partial charge in [-0.1, -0.05) is 12.1 Å². The van der Waals surface area contributed by atoms with Gasteiger partial charge in [0.1, 0.15) is 5.82 Å². The highest BCUT2D eigenvalue weighted by molar-refractivity contribution is 5.58. The predicted molar refractivity (Wildman–Crippen MR) is 115 cm³/mol. The minimum atomic E-state index is -2.51. The minimum Gasteiger partial charge on any atom is -0.370 e.